The second kappa shape index (κ2) is 4.41. The molecule has 0 saturated carbocycles. The maximum atomic E-state index is 11.5. The standard InChI is InChI=1S/C8H8N3O3.Y/c1-9-7(13)10-4-2-3-6(5-12)11(10)8(9)14;/h2-3,6H,4H2,1H3;/q-1;. The van der Waals surface area contributed by atoms with Crippen LogP contribution in [-0.2, 0) is 51.1 Å². The third kappa shape index (κ3) is 1.72. The second-order valence-corrected chi connectivity index (χ2v) is 3.04. The minimum Gasteiger partial charge on any atom is -0.539 e. The van der Waals surface area contributed by atoms with Gasteiger partial charge in [-0.05, 0) is 6.04 Å². The van der Waals surface area contributed by atoms with Gasteiger partial charge in [0, 0.05) is 39.8 Å². The molecule has 1 unspecified atom stereocenters. The van der Waals surface area contributed by atoms with E-state index in [1.165, 1.54) is 11.7 Å². The zero-order chi connectivity index (χ0) is 10.3. The number of allylic oxidation sites excluding steroid dienone is 2. The van der Waals surface area contributed by atoms with E-state index in [-0.39, 0.29) is 32.7 Å². The number of hydrogen-bond acceptors (Lipinski definition) is 3. The molecule has 1 aromatic rings. The van der Waals surface area contributed by atoms with Crippen molar-refractivity contribution < 1.29 is 37.5 Å². The fourth-order valence-electron chi connectivity index (χ4n) is 1.50. The summed E-state index contributed by atoms with van der Waals surface area (Å²) in [5.41, 5.74) is -0.910. The van der Waals surface area contributed by atoms with Crippen molar-refractivity contribution >= 4 is 6.29 Å². The van der Waals surface area contributed by atoms with E-state index in [9.17, 15) is 14.4 Å². The Bertz CT molecular complexity index is 522. The van der Waals surface area contributed by atoms with E-state index in [0.717, 1.165) is 9.25 Å². The van der Waals surface area contributed by atoms with Gasteiger partial charge in [0.05, 0.1) is 6.54 Å². The summed E-state index contributed by atoms with van der Waals surface area (Å²) in [4.78, 5) is 33.5. The molecule has 1 atom stereocenters. The van der Waals surface area contributed by atoms with E-state index in [0.29, 0.717) is 6.54 Å². The summed E-state index contributed by atoms with van der Waals surface area (Å²) < 4.78 is 3.30. The Morgan fingerprint density at radius 3 is 2.67 bits per heavy atom. The van der Waals surface area contributed by atoms with Crippen LogP contribution in [0, 0.1) is 0 Å². The first-order chi connectivity index (χ1) is 6.66. The molecule has 77 valence electrons. The van der Waals surface area contributed by atoms with E-state index in [4.69, 9.17) is 0 Å². The van der Waals surface area contributed by atoms with Gasteiger partial charge in [-0.1, -0.05) is 12.2 Å². The van der Waals surface area contributed by atoms with Crippen LogP contribution < -0.4 is 11.4 Å². The summed E-state index contributed by atoms with van der Waals surface area (Å²) in [5, 5.41) is 0. The molecule has 0 aromatic carbocycles. The van der Waals surface area contributed by atoms with Gasteiger partial charge in [-0.25, -0.2) is 25.1 Å². The molecule has 1 aromatic heterocycles. The van der Waals surface area contributed by atoms with Gasteiger partial charge in [0.15, 0.2) is 0 Å². The molecule has 0 bridgehead atoms. The Labute approximate surface area is 110 Å². The second-order valence-electron chi connectivity index (χ2n) is 3.04. The molecular weight excluding hydrogens is 275 g/mol. The molecule has 6 nitrogen and oxygen atoms in total. The predicted octanol–water partition coefficient (Wildman–Crippen LogP) is -1.43. The maximum absolute atomic E-state index is 11.5. The van der Waals surface area contributed by atoms with Crippen molar-refractivity contribution in [2.24, 2.45) is 7.05 Å². The Hall–Kier alpha value is -0.746. The molecule has 0 fully saturated rings. The van der Waals surface area contributed by atoms with Crippen molar-refractivity contribution in [1.29, 1.82) is 0 Å². The monoisotopic (exact) mass is 283 g/mol. The van der Waals surface area contributed by atoms with Crippen LogP contribution in [-0.4, -0.2) is 20.2 Å². The normalized spacial score (nSPS) is 18.1. The summed E-state index contributed by atoms with van der Waals surface area (Å²) in [6, 6.07) is -0.787. The summed E-state index contributed by atoms with van der Waals surface area (Å²) >= 11 is 0. The van der Waals surface area contributed by atoms with Gasteiger partial charge in [-0.2, -0.15) is 0 Å². The Morgan fingerprint density at radius 2 is 2.07 bits per heavy atom. The number of hydrogen-bond donors (Lipinski definition) is 0. The van der Waals surface area contributed by atoms with Crippen LogP contribution >= 0.6 is 0 Å². The first-order valence-electron chi connectivity index (χ1n) is 4.09. The molecule has 0 N–H and O–H groups in total. The molecule has 1 aliphatic heterocycles. The quantitative estimate of drug-likeness (QED) is 0.468. The van der Waals surface area contributed by atoms with Gasteiger partial charge in [-0.15, -0.1) is 0 Å². The molecule has 1 radical (unpaired) electrons. The third-order valence-electron chi connectivity index (χ3n) is 2.23. The molecule has 0 amide bonds. The molecule has 2 heterocycles. The van der Waals surface area contributed by atoms with Gasteiger partial charge in [0.2, 0.25) is 0 Å². The van der Waals surface area contributed by atoms with Gasteiger partial charge in [0.1, 0.15) is 0 Å². The minimum atomic E-state index is -0.787. The Morgan fingerprint density at radius 1 is 1.40 bits per heavy atom. The predicted molar refractivity (Wildman–Crippen MR) is 47.8 cm³/mol. The zero-order valence-electron chi connectivity index (χ0n) is 8.08. The van der Waals surface area contributed by atoms with Crippen LogP contribution in [0.25, 0.3) is 0 Å². The molecule has 2 rings (SSSR count). The van der Waals surface area contributed by atoms with E-state index >= 15 is 0 Å². The molecule has 0 aliphatic carbocycles. The smallest absolute Gasteiger partial charge is 0.347 e. The largest absolute Gasteiger partial charge is 0.539 e. The summed E-state index contributed by atoms with van der Waals surface area (Å²) in [6.07, 6.45) is 4.91. The van der Waals surface area contributed by atoms with Crippen LogP contribution in [0.3, 0.4) is 0 Å². The van der Waals surface area contributed by atoms with Crippen molar-refractivity contribution in [1.82, 2.24) is 13.9 Å². The van der Waals surface area contributed by atoms with Crippen LogP contribution in [0.15, 0.2) is 21.7 Å². The number of aromatic nitrogens is 3. The summed E-state index contributed by atoms with van der Waals surface area (Å²) in [7, 11) is 1.38. The van der Waals surface area contributed by atoms with Gasteiger partial charge < -0.3 is 4.79 Å². The van der Waals surface area contributed by atoms with Crippen LogP contribution in [0.5, 0.6) is 0 Å². The maximum Gasteiger partial charge on any atom is 0.347 e. The average molecular weight is 283 g/mol. The van der Waals surface area contributed by atoms with Crippen molar-refractivity contribution in [2.75, 3.05) is 0 Å². The third-order valence-corrected chi connectivity index (χ3v) is 2.23. The molecule has 1 aliphatic rings. The summed E-state index contributed by atoms with van der Waals surface area (Å²) in [5.74, 6) is 0. The van der Waals surface area contributed by atoms with Crippen LogP contribution in [0.4, 0.5) is 0 Å². The Balaban J connectivity index is 0.00000112. The minimum absolute atomic E-state index is 0. The number of fused-ring (bicyclic) bond motifs is 1. The molecule has 7 heteroatoms. The molecule has 0 spiro atoms. The zero-order valence-corrected chi connectivity index (χ0v) is 10.9. The first kappa shape index (κ1) is 12.3. The van der Waals surface area contributed by atoms with E-state index in [2.05, 4.69) is 0 Å². The van der Waals surface area contributed by atoms with Crippen molar-refractivity contribution in [3.8, 4) is 0 Å². The van der Waals surface area contributed by atoms with Gasteiger partial charge in [0.25, 0.3) is 0 Å². The van der Waals surface area contributed by atoms with Crippen molar-refractivity contribution in [2.45, 2.75) is 12.6 Å². The molecule has 0 saturated heterocycles. The average Bonchev–Trinajstić information content (AvgIpc) is 2.44. The van der Waals surface area contributed by atoms with Gasteiger partial charge >= 0.3 is 11.4 Å². The van der Waals surface area contributed by atoms with E-state index < -0.39 is 17.4 Å². The SMILES string of the molecule is Cn1c(=O)n2n(c1=O)C([C-]=O)C=CC2.[Y]. The topological polar surface area (TPSA) is 66.0 Å². The summed E-state index contributed by atoms with van der Waals surface area (Å²) in [6.45, 7) is 0.313. The van der Waals surface area contributed by atoms with E-state index in [1.807, 2.05) is 0 Å². The number of nitrogens with zero attached hydrogens (tertiary/aromatic N) is 3. The van der Waals surface area contributed by atoms with Crippen LogP contribution in [0.2, 0.25) is 0 Å². The fourth-order valence-corrected chi connectivity index (χ4v) is 1.50. The molecular formula is C8H8N3O3Y-. The number of carbonyl (C=O) groups excluding carboxylic acids is 1. The Kier molecular flexibility index (Phi) is 3.62. The van der Waals surface area contributed by atoms with Gasteiger partial charge in [-0.3, -0.25) is 4.68 Å². The fraction of sp³-hybridized carbons (Fsp3) is 0.375. The first-order valence-corrected chi connectivity index (χ1v) is 4.09. The molecule has 15 heavy (non-hydrogen) atoms. The van der Waals surface area contributed by atoms with Crippen LogP contribution in [0.1, 0.15) is 6.04 Å². The van der Waals surface area contributed by atoms with Crippen molar-refractivity contribution in [3.63, 3.8) is 0 Å². The van der Waals surface area contributed by atoms with E-state index in [1.54, 1.807) is 18.4 Å². The number of rotatable bonds is 1. The van der Waals surface area contributed by atoms with Crippen molar-refractivity contribution in [3.05, 3.63) is 33.1 Å².